The minimum absolute atomic E-state index is 0.222. The molecule has 19 heavy (non-hydrogen) atoms. The van der Waals surface area contributed by atoms with Crippen molar-refractivity contribution in [2.75, 3.05) is 18.1 Å². The first kappa shape index (κ1) is 14.2. The third kappa shape index (κ3) is 3.22. The molecule has 1 aliphatic carbocycles. The zero-order valence-electron chi connectivity index (χ0n) is 10.9. The molecule has 1 fully saturated rings. The highest BCUT2D eigenvalue weighted by Gasteiger charge is 2.25. The lowest BCUT2D eigenvalue weighted by atomic mass is 10.1. The van der Waals surface area contributed by atoms with Gasteiger partial charge >= 0.3 is 5.97 Å². The van der Waals surface area contributed by atoms with E-state index in [1.54, 1.807) is 6.07 Å². The SMILES string of the molecule is CSc1cccc(NCC2CCCC2O)c1C(=O)O. The first-order valence-corrected chi connectivity index (χ1v) is 7.68. The number of rotatable bonds is 5. The van der Waals surface area contributed by atoms with E-state index >= 15 is 0 Å². The molecule has 0 heterocycles. The van der Waals surface area contributed by atoms with Crippen molar-refractivity contribution in [1.82, 2.24) is 0 Å². The van der Waals surface area contributed by atoms with Gasteiger partial charge in [0.1, 0.15) is 0 Å². The lowest BCUT2D eigenvalue weighted by Gasteiger charge is -2.18. The molecule has 0 aromatic heterocycles. The molecule has 5 heteroatoms. The molecule has 1 aromatic rings. The van der Waals surface area contributed by atoms with Gasteiger partial charge in [0.2, 0.25) is 0 Å². The highest BCUT2D eigenvalue weighted by molar-refractivity contribution is 7.98. The fraction of sp³-hybridized carbons (Fsp3) is 0.500. The van der Waals surface area contributed by atoms with Gasteiger partial charge in [0, 0.05) is 23.0 Å². The molecule has 0 saturated heterocycles. The molecule has 3 N–H and O–H groups in total. The summed E-state index contributed by atoms with van der Waals surface area (Å²) < 4.78 is 0. The third-order valence-electron chi connectivity index (χ3n) is 3.63. The summed E-state index contributed by atoms with van der Waals surface area (Å²) in [6, 6.07) is 5.44. The Kier molecular flexibility index (Phi) is 4.71. The Hall–Kier alpha value is -1.20. The number of thioether (sulfide) groups is 1. The highest BCUT2D eigenvalue weighted by Crippen LogP contribution is 2.29. The first-order valence-electron chi connectivity index (χ1n) is 6.45. The molecule has 0 amide bonds. The number of aliphatic hydroxyl groups is 1. The Balaban J connectivity index is 2.13. The highest BCUT2D eigenvalue weighted by atomic mass is 32.2. The van der Waals surface area contributed by atoms with Crippen molar-refractivity contribution >= 4 is 23.4 Å². The fourth-order valence-electron chi connectivity index (χ4n) is 2.57. The number of hydrogen-bond donors (Lipinski definition) is 3. The summed E-state index contributed by atoms with van der Waals surface area (Å²) in [4.78, 5) is 12.1. The van der Waals surface area contributed by atoms with E-state index in [1.165, 1.54) is 11.8 Å². The van der Waals surface area contributed by atoms with Crippen LogP contribution in [-0.4, -0.2) is 35.1 Å². The van der Waals surface area contributed by atoms with Crippen LogP contribution < -0.4 is 5.32 Å². The van der Waals surface area contributed by atoms with Gasteiger partial charge in [-0.05, 0) is 31.2 Å². The summed E-state index contributed by atoms with van der Waals surface area (Å²) in [5.41, 5.74) is 0.959. The number of aromatic carboxylic acids is 1. The van der Waals surface area contributed by atoms with Gasteiger partial charge in [0.05, 0.1) is 11.7 Å². The van der Waals surface area contributed by atoms with Crippen molar-refractivity contribution in [3.05, 3.63) is 23.8 Å². The molecule has 104 valence electrons. The van der Waals surface area contributed by atoms with Crippen LogP contribution in [0.5, 0.6) is 0 Å². The van der Waals surface area contributed by atoms with E-state index in [-0.39, 0.29) is 12.0 Å². The quantitative estimate of drug-likeness (QED) is 0.724. The molecular formula is C14H19NO3S. The summed E-state index contributed by atoms with van der Waals surface area (Å²) in [6.07, 6.45) is 4.50. The number of nitrogens with one attached hydrogen (secondary N) is 1. The predicted molar refractivity (Wildman–Crippen MR) is 77.0 cm³/mol. The van der Waals surface area contributed by atoms with Crippen LogP contribution in [0.3, 0.4) is 0 Å². The summed E-state index contributed by atoms with van der Waals surface area (Å²) in [5.74, 6) is -0.695. The van der Waals surface area contributed by atoms with Gasteiger partial charge in [-0.15, -0.1) is 11.8 Å². The van der Waals surface area contributed by atoms with E-state index in [0.717, 1.165) is 24.2 Å². The maximum absolute atomic E-state index is 11.4. The van der Waals surface area contributed by atoms with Crippen LogP contribution in [-0.2, 0) is 0 Å². The molecule has 0 aliphatic heterocycles. The summed E-state index contributed by atoms with van der Waals surface area (Å²) >= 11 is 1.43. The molecule has 1 saturated carbocycles. The van der Waals surface area contributed by atoms with Crippen LogP contribution in [0.25, 0.3) is 0 Å². The lowest BCUT2D eigenvalue weighted by Crippen LogP contribution is -2.22. The van der Waals surface area contributed by atoms with Crippen LogP contribution >= 0.6 is 11.8 Å². The fourth-order valence-corrected chi connectivity index (χ4v) is 3.18. The van der Waals surface area contributed by atoms with E-state index in [9.17, 15) is 15.0 Å². The Morgan fingerprint density at radius 1 is 1.47 bits per heavy atom. The molecule has 2 atom stereocenters. The topological polar surface area (TPSA) is 69.6 Å². The average molecular weight is 281 g/mol. The molecule has 4 nitrogen and oxygen atoms in total. The maximum Gasteiger partial charge on any atom is 0.338 e. The van der Waals surface area contributed by atoms with Crippen LogP contribution in [0.2, 0.25) is 0 Å². The van der Waals surface area contributed by atoms with Crippen LogP contribution in [0, 0.1) is 5.92 Å². The zero-order chi connectivity index (χ0) is 13.8. The number of carbonyl (C=O) groups is 1. The normalized spacial score (nSPS) is 22.4. The van der Waals surface area contributed by atoms with Gasteiger partial charge in [-0.25, -0.2) is 4.79 Å². The number of carboxylic acid groups (broad SMARTS) is 1. The maximum atomic E-state index is 11.4. The summed E-state index contributed by atoms with van der Waals surface area (Å²) in [7, 11) is 0. The van der Waals surface area contributed by atoms with Crippen molar-refractivity contribution < 1.29 is 15.0 Å². The third-order valence-corrected chi connectivity index (χ3v) is 4.41. The molecule has 0 spiro atoms. The number of aliphatic hydroxyl groups excluding tert-OH is 1. The second kappa shape index (κ2) is 6.30. The van der Waals surface area contributed by atoms with Crippen LogP contribution in [0.1, 0.15) is 29.6 Å². The molecule has 0 radical (unpaired) electrons. The van der Waals surface area contributed by atoms with E-state index in [1.807, 2.05) is 18.4 Å². The Morgan fingerprint density at radius 3 is 2.84 bits per heavy atom. The van der Waals surface area contributed by atoms with Crippen molar-refractivity contribution in [2.45, 2.75) is 30.3 Å². The smallest absolute Gasteiger partial charge is 0.338 e. The summed E-state index contributed by atoms with van der Waals surface area (Å²) in [6.45, 7) is 0.624. The first-order chi connectivity index (χ1) is 9.13. The van der Waals surface area contributed by atoms with Crippen LogP contribution in [0.4, 0.5) is 5.69 Å². The predicted octanol–water partition coefficient (Wildman–Crippen LogP) is 2.68. The van der Waals surface area contributed by atoms with Crippen molar-refractivity contribution in [2.24, 2.45) is 5.92 Å². The number of carboxylic acids is 1. The molecule has 0 bridgehead atoms. The Bertz CT molecular complexity index is 464. The van der Waals surface area contributed by atoms with Gasteiger partial charge in [-0.3, -0.25) is 0 Å². The second-order valence-corrected chi connectivity index (χ2v) is 5.68. The van der Waals surface area contributed by atoms with Gasteiger partial charge in [0.25, 0.3) is 0 Å². The van der Waals surface area contributed by atoms with E-state index in [4.69, 9.17) is 0 Å². The lowest BCUT2D eigenvalue weighted by molar-refractivity contribution is 0.0694. The van der Waals surface area contributed by atoms with E-state index in [2.05, 4.69) is 5.32 Å². The van der Waals surface area contributed by atoms with E-state index in [0.29, 0.717) is 17.8 Å². The average Bonchev–Trinajstić information content (AvgIpc) is 2.81. The Morgan fingerprint density at radius 2 is 2.26 bits per heavy atom. The largest absolute Gasteiger partial charge is 0.478 e. The molecule has 2 rings (SSSR count). The van der Waals surface area contributed by atoms with E-state index < -0.39 is 5.97 Å². The monoisotopic (exact) mass is 281 g/mol. The van der Waals surface area contributed by atoms with Crippen molar-refractivity contribution in [3.8, 4) is 0 Å². The number of hydrogen-bond acceptors (Lipinski definition) is 4. The minimum atomic E-state index is -0.917. The van der Waals surface area contributed by atoms with Gasteiger partial charge in [0.15, 0.2) is 0 Å². The molecule has 2 unspecified atom stereocenters. The minimum Gasteiger partial charge on any atom is -0.478 e. The molecule has 1 aliphatic rings. The van der Waals surface area contributed by atoms with Crippen molar-refractivity contribution in [3.63, 3.8) is 0 Å². The number of anilines is 1. The van der Waals surface area contributed by atoms with Gasteiger partial charge in [-0.2, -0.15) is 0 Å². The Labute approximate surface area is 117 Å². The number of benzene rings is 1. The zero-order valence-corrected chi connectivity index (χ0v) is 11.7. The molecule has 1 aromatic carbocycles. The van der Waals surface area contributed by atoms with Gasteiger partial charge < -0.3 is 15.5 Å². The van der Waals surface area contributed by atoms with Crippen molar-refractivity contribution in [1.29, 1.82) is 0 Å². The summed E-state index contributed by atoms with van der Waals surface area (Å²) in [5, 5.41) is 22.3. The van der Waals surface area contributed by atoms with Gasteiger partial charge in [-0.1, -0.05) is 12.5 Å². The van der Waals surface area contributed by atoms with Crippen LogP contribution in [0.15, 0.2) is 23.1 Å². The molecular weight excluding hydrogens is 262 g/mol. The standard InChI is InChI=1S/C14H19NO3S/c1-19-12-7-3-5-10(13(12)14(17)18)15-8-9-4-2-6-11(9)16/h3,5,7,9,11,15-16H,2,4,6,8H2,1H3,(H,17,18). The second-order valence-electron chi connectivity index (χ2n) is 4.83.